The summed E-state index contributed by atoms with van der Waals surface area (Å²) in [6.45, 7) is 0. The summed E-state index contributed by atoms with van der Waals surface area (Å²) >= 11 is 3.08. The normalized spacial score (nSPS) is 12.2. The molecule has 3 aromatic carbocycles. The first-order chi connectivity index (χ1) is 12.5. The quantitative estimate of drug-likeness (QED) is 0.413. The molecule has 5 heteroatoms. The lowest BCUT2D eigenvalue weighted by Gasteiger charge is -2.11. The third-order valence-electron chi connectivity index (χ3n) is 3.51. The first kappa shape index (κ1) is 18.7. The average Bonchev–Trinajstić information content (AvgIpc) is 2.66. The van der Waals surface area contributed by atoms with Gasteiger partial charge in [0.05, 0.1) is 5.56 Å². The molecule has 26 heavy (non-hydrogen) atoms. The maximum absolute atomic E-state index is 12.8. The molecule has 0 N–H and O–H groups in total. The molecule has 0 saturated heterocycles. The van der Waals surface area contributed by atoms with Gasteiger partial charge in [-0.25, -0.2) is 0 Å². The SMILES string of the molecule is FC(F)(F)c1ccc(/C(=C\Sc2ccccc2)Sc2ccccc2)cc1. The van der Waals surface area contributed by atoms with Gasteiger partial charge in [-0.2, -0.15) is 13.2 Å². The molecular formula is C21H15F3S2. The van der Waals surface area contributed by atoms with E-state index in [4.69, 9.17) is 0 Å². The van der Waals surface area contributed by atoms with Crippen LogP contribution in [-0.2, 0) is 6.18 Å². The number of halogens is 3. The Kier molecular flexibility index (Phi) is 6.12. The van der Waals surface area contributed by atoms with Crippen molar-refractivity contribution >= 4 is 28.4 Å². The van der Waals surface area contributed by atoms with Crippen molar-refractivity contribution in [3.05, 3.63) is 101 Å². The highest BCUT2D eigenvalue weighted by Crippen LogP contribution is 2.38. The molecule has 0 aromatic heterocycles. The minimum Gasteiger partial charge on any atom is -0.166 e. The van der Waals surface area contributed by atoms with E-state index in [1.165, 1.54) is 23.9 Å². The Morgan fingerprint density at radius 3 is 1.77 bits per heavy atom. The average molecular weight is 388 g/mol. The van der Waals surface area contributed by atoms with E-state index in [0.29, 0.717) is 0 Å². The summed E-state index contributed by atoms with van der Waals surface area (Å²) in [4.78, 5) is 3.01. The maximum atomic E-state index is 12.8. The van der Waals surface area contributed by atoms with Gasteiger partial charge in [-0.3, -0.25) is 0 Å². The Morgan fingerprint density at radius 2 is 1.23 bits per heavy atom. The predicted molar refractivity (Wildman–Crippen MR) is 104 cm³/mol. The summed E-state index contributed by atoms with van der Waals surface area (Å²) in [6, 6.07) is 24.9. The van der Waals surface area contributed by atoms with E-state index in [0.717, 1.165) is 32.4 Å². The van der Waals surface area contributed by atoms with Crippen LogP contribution in [0, 0.1) is 0 Å². The molecule has 0 amide bonds. The van der Waals surface area contributed by atoms with Gasteiger partial charge >= 0.3 is 6.18 Å². The van der Waals surface area contributed by atoms with Gasteiger partial charge in [0, 0.05) is 14.7 Å². The highest BCUT2D eigenvalue weighted by Gasteiger charge is 2.30. The molecule has 0 aliphatic carbocycles. The standard InChI is InChI=1S/C21H15F3S2/c22-21(23,24)17-13-11-16(12-14-17)20(26-19-9-5-2-6-10-19)15-25-18-7-3-1-4-8-18/h1-15H/b20-15+. The van der Waals surface area contributed by atoms with Gasteiger partial charge in [0.25, 0.3) is 0 Å². The second kappa shape index (κ2) is 8.52. The molecule has 0 bridgehead atoms. The highest BCUT2D eigenvalue weighted by atomic mass is 32.2. The van der Waals surface area contributed by atoms with Crippen molar-refractivity contribution in [2.45, 2.75) is 16.0 Å². The van der Waals surface area contributed by atoms with Crippen molar-refractivity contribution in [3.63, 3.8) is 0 Å². The fourth-order valence-corrected chi connectivity index (χ4v) is 4.04. The Bertz CT molecular complexity index is 855. The largest absolute Gasteiger partial charge is 0.416 e. The van der Waals surface area contributed by atoms with Gasteiger partial charge in [0.15, 0.2) is 0 Å². The molecule has 0 spiro atoms. The highest BCUT2D eigenvalue weighted by molar-refractivity contribution is 8.10. The molecule has 3 aromatic rings. The molecule has 132 valence electrons. The third-order valence-corrected chi connectivity index (χ3v) is 5.64. The van der Waals surface area contributed by atoms with Gasteiger partial charge in [-0.05, 0) is 47.4 Å². The number of alkyl halides is 3. The number of thioether (sulfide) groups is 2. The van der Waals surface area contributed by atoms with E-state index in [1.54, 1.807) is 11.8 Å². The fourth-order valence-electron chi connectivity index (χ4n) is 2.21. The van der Waals surface area contributed by atoms with Crippen LogP contribution in [0.4, 0.5) is 13.2 Å². The summed E-state index contributed by atoms with van der Waals surface area (Å²) in [5, 5.41) is 1.98. The zero-order valence-corrected chi connectivity index (χ0v) is 15.2. The number of hydrogen-bond acceptors (Lipinski definition) is 2. The van der Waals surface area contributed by atoms with Crippen LogP contribution in [0.2, 0.25) is 0 Å². The fraction of sp³-hybridized carbons (Fsp3) is 0.0476. The van der Waals surface area contributed by atoms with E-state index < -0.39 is 11.7 Å². The van der Waals surface area contributed by atoms with E-state index in [2.05, 4.69) is 0 Å². The van der Waals surface area contributed by atoms with Crippen molar-refractivity contribution < 1.29 is 13.2 Å². The van der Waals surface area contributed by atoms with Crippen LogP contribution in [0.5, 0.6) is 0 Å². The molecule has 0 atom stereocenters. The monoisotopic (exact) mass is 388 g/mol. The molecular weight excluding hydrogens is 373 g/mol. The van der Waals surface area contributed by atoms with Crippen LogP contribution >= 0.6 is 23.5 Å². The number of benzene rings is 3. The zero-order chi connectivity index (χ0) is 18.4. The third kappa shape index (κ3) is 5.19. The van der Waals surface area contributed by atoms with Gasteiger partial charge in [0.1, 0.15) is 0 Å². The lowest BCUT2D eigenvalue weighted by molar-refractivity contribution is -0.137. The second-order valence-corrected chi connectivity index (χ2v) is 7.46. The molecule has 0 aliphatic rings. The van der Waals surface area contributed by atoms with Crippen LogP contribution < -0.4 is 0 Å². The summed E-state index contributed by atoms with van der Waals surface area (Å²) < 4.78 is 38.4. The van der Waals surface area contributed by atoms with E-state index in [9.17, 15) is 13.2 Å². The van der Waals surface area contributed by atoms with E-state index in [-0.39, 0.29) is 0 Å². The maximum Gasteiger partial charge on any atom is 0.416 e. The van der Waals surface area contributed by atoms with E-state index in [1.807, 2.05) is 66.1 Å². The zero-order valence-electron chi connectivity index (χ0n) is 13.6. The Balaban J connectivity index is 1.89. The van der Waals surface area contributed by atoms with Crippen LogP contribution in [-0.4, -0.2) is 0 Å². The smallest absolute Gasteiger partial charge is 0.166 e. The van der Waals surface area contributed by atoms with Crippen molar-refractivity contribution in [1.82, 2.24) is 0 Å². The van der Waals surface area contributed by atoms with Crippen LogP contribution in [0.1, 0.15) is 11.1 Å². The predicted octanol–water partition coefficient (Wildman–Crippen LogP) is 7.59. The van der Waals surface area contributed by atoms with Crippen LogP contribution in [0.25, 0.3) is 4.91 Å². The number of rotatable bonds is 5. The van der Waals surface area contributed by atoms with Crippen molar-refractivity contribution in [2.75, 3.05) is 0 Å². The van der Waals surface area contributed by atoms with Gasteiger partial charge in [0.2, 0.25) is 0 Å². The van der Waals surface area contributed by atoms with E-state index >= 15 is 0 Å². The summed E-state index contributed by atoms with van der Waals surface area (Å²) in [5.41, 5.74) is 0.122. The summed E-state index contributed by atoms with van der Waals surface area (Å²) in [7, 11) is 0. The molecule has 3 rings (SSSR count). The topological polar surface area (TPSA) is 0 Å². The Morgan fingerprint density at radius 1 is 0.692 bits per heavy atom. The molecule has 0 saturated carbocycles. The lowest BCUT2D eigenvalue weighted by Crippen LogP contribution is -2.04. The molecule has 0 fully saturated rings. The number of hydrogen-bond donors (Lipinski definition) is 0. The molecule has 0 nitrogen and oxygen atoms in total. The summed E-state index contributed by atoms with van der Waals surface area (Å²) in [6.07, 6.45) is -4.33. The van der Waals surface area contributed by atoms with Crippen molar-refractivity contribution in [1.29, 1.82) is 0 Å². The molecule has 0 aliphatic heterocycles. The van der Waals surface area contributed by atoms with Crippen molar-refractivity contribution in [3.8, 4) is 0 Å². The molecule has 0 heterocycles. The van der Waals surface area contributed by atoms with Gasteiger partial charge < -0.3 is 0 Å². The van der Waals surface area contributed by atoms with Crippen LogP contribution in [0.3, 0.4) is 0 Å². The Hall–Kier alpha value is -2.11. The lowest BCUT2D eigenvalue weighted by atomic mass is 10.1. The van der Waals surface area contributed by atoms with Gasteiger partial charge in [-0.15, -0.1) is 0 Å². The van der Waals surface area contributed by atoms with Gasteiger partial charge in [-0.1, -0.05) is 72.1 Å². The molecule has 0 unspecified atom stereocenters. The Labute approximate surface area is 159 Å². The minimum absolute atomic E-state index is 0.638. The molecule has 0 radical (unpaired) electrons. The summed E-state index contributed by atoms with van der Waals surface area (Å²) in [5.74, 6) is 0. The first-order valence-corrected chi connectivity index (χ1v) is 9.54. The van der Waals surface area contributed by atoms with Crippen LogP contribution in [0.15, 0.2) is 100 Å². The van der Waals surface area contributed by atoms with Crippen molar-refractivity contribution in [2.24, 2.45) is 0 Å². The first-order valence-electron chi connectivity index (χ1n) is 7.85. The second-order valence-electron chi connectivity index (χ2n) is 5.40. The minimum atomic E-state index is -4.33.